The van der Waals surface area contributed by atoms with E-state index in [4.69, 9.17) is 15.2 Å². The van der Waals surface area contributed by atoms with Gasteiger partial charge in [0.15, 0.2) is 0 Å². The van der Waals surface area contributed by atoms with Crippen molar-refractivity contribution in [3.8, 4) is 11.5 Å². The molecule has 3 N–H and O–H groups in total. The summed E-state index contributed by atoms with van der Waals surface area (Å²) in [6.45, 7) is 6.23. The van der Waals surface area contributed by atoms with Crippen LogP contribution >= 0.6 is 0 Å². The molecule has 20 heavy (non-hydrogen) atoms. The lowest BCUT2D eigenvalue weighted by Gasteiger charge is -2.24. The molecule has 2 atom stereocenters. The Bertz CT molecular complexity index is 407. The van der Waals surface area contributed by atoms with Gasteiger partial charge in [-0.15, -0.1) is 0 Å². The molecule has 0 saturated carbocycles. The second-order valence-corrected chi connectivity index (χ2v) is 5.65. The Morgan fingerprint density at radius 2 is 1.60 bits per heavy atom. The number of rotatable bonds is 7. The minimum atomic E-state index is -0.608. The molecule has 1 rings (SSSR count). The van der Waals surface area contributed by atoms with Gasteiger partial charge in [0.1, 0.15) is 11.5 Å². The van der Waals surface area contributed by atoms with Crippen molar-refractivity contribution in [2.45, 2.75) is 45.8 Å². The van der Waals surface area contributed by atoms with Gasteiger partial charge in [-0.2, -0.15) is 0 Å². The number of benzene rings is 1. The maximum absolute atomic E-state index is 10.3. The Morgan fingerprint density at radius 1 is 1.10 bits per heavy atom. The zero-order valence-corrected chi connectivity index (χ0v) is 13.1. The van der Waals surface area contributed by atoms with E-state index in [0.717, 1.165) is 17.5 Å². The normalized spacial score (nSPS) is 14.2. The number of methoxy groups -OCH3 is 2. The lowest BCUT2D eigenvalue weighted by molar-refractivity contribution is 0.126. The standard InChI is InChI=1S/C16H27NO3/c1-10(2)6-7-12(18)16(17)15-13(19-4)8-11(3)9-14(15)20-5/h8-10,12,16,18H,6-7,17H2,1-5H3/t12-,16-/m1/s1. The van der Waals surface area contributed by atoms with Crippen LogP contribution < -0.4 is 15.2 Å². The number of nitrogens with two attached hydrogens (primary N) is 1. The van der Waals surface area contributed by atoms with E-state index in [1.807, 2.05) is 19.1 Å². The SMILES string of the molecule is COc1cc(C)cc(OC)c1[C@H](N)[C@H](O)CCC(C)C. The van der Waals surface area contributed by atoms with Gasteiger partial charge in [0.25, 0.3) is 0 Å². The van der Waals surface area contributed by atoms with Crippen LogP contribution in [-0.2, 0) is 0 Å². The van der Waals surface area contributed by atoms with E-state index in [1.165, 1.54) is 0 Å². The summed E-state index contributed by atoms with van der Waals surface area (Å²) in [4.78, 5) is 0. The third kappa shape index (κ3) is 4.12. The van der Waals surface area contributed by atoms with E-state index in [1.54, 1.807) is 14.2 Å². The van der Waals surface area contributed by atoms with Crippen molar-refractivity contribution in [2.75, 3.05) is 14.2 Å². The fourth-order valence-electron chi connectivity index (χ4n) is 2.27. The molecule has 0 bridgehead atoms. The van der Waals surface area contributed by atoms with Crippen LogP contribution in [0.4, 0.5) is 0 Å². The van der Waals surface area contributed by atoms with E-state index in [0.29, 0.717) is 23.8 Å². The van der Waals surface area contributed by atoms with Crippen molar-refractivity contribution in [2.24, 2.45) is 11.7 Å². The topological polar surface area (TPSA) is 64.7 Å². The summed E-state index contributed by atoms with van der Waals surface area (Å²) in [6.07, 6.45) is 0.993. The average Bonchev–Trinajstić information content (AvgIpc) is 2.42. The summed E-state index contributed by atoms with van der Waals surface area (Å²) in [5.74, 6) is 1.87. The van der Waals surface area contributed by atoms with Crippen molar-refractivity contribution < 1.29 is 14.6 Å². The van der Waals surface area contributed by atoms with Crippen LogP contribution in [0.15, 0.2) is 12.1 Å². The Hall–Kier alpha value is -1.26. The van der Waals surface area contributed by atoms with Crippen LogP contribution in [0.25, 0.3) is 0 Å². The predicted molar refractivity (Wildman–Crippen MR) is 81.3 cm³/mol. The van der Waals surface area contributed by atoms with Crippen LogP contribution in [0.5, 0.6) is 11.5 Å². The first-order valence-electron chi connectivity index (χ1n) is 7.06. The maximum Gasteiger partial charge on any atom is 0.127 e. The highest BCUT2D eigenvalue weighted by Crippen LogP contribution is 2.36. The molecule has 1 aromatic carbocycles. The molecule has 0 spiro atoms. The number of hydrogen-bond donors (Lipinski definition) is 2. The molecule has 0 aliphatic rings. The third-order valence-corrected chi connectivity index (χ3v) is 3.48. The number of aliphatic hydroxyl groups excluding tert-OH is 1. The van der Waals surface area contributed by atoms with Crippen molar-refractivity contribution in [3.63, 3.8) is 0 Å². The van der Waals surface area contributed by atoms with E-state index in [2.05, 4.69) is 13.8 Å². The first-order chi connectivity index (χ1) is 9.40. The molecule has 0 fully saturated rings. The highest BCUT2D eigenvalue weighted by atomic mass is 16.5. The average molecular weight is 281 g/mol. The monoisotopic (exact) mass is 281 g/mol. The molecule has 0 aliphatic carbocycles. The molecular formula is C16H27NO3. The van der Waals surface area contributed by atoms with Gasteiger partial charge >= 0.3 is 0 Å². The number of aryl methyl sites for hydroxylation is 1. The second-order valence-electron chi connectivity index (χ2n) is 5.65. The first-order valence-corrected chi connectivity index (χ1v) is 7.06. The van der Waals surface area contributed by atoms with Gasteiger partial charge in [-0.25, -0.2) is 0 Å². The summed E-state index contributed by atoms with van der Waals surface area (Å²) in [5, 5.41) is 10.3. The summed E-state index contributed by atoms with van der Waals surface area (Å²) >= 11 is 0. The van der Waals surface area contributed by atoms with Gasteiger partial charge < -0.3 is 20.3 Å². The summed E-state index contributed by atoms with van der Waals surface area (Å²) in [5.41, 5.74) is 7.98. The fraction of sp³-hybridized carbons (Fsp3) is 0.625. The zero-order valence-electron chi connectivity index (χ0n) is 13.1. The molecule has 0 amide bonds. The quantitative estimate of drug-likeness (QED) is 0.806. The molecular weight excluding hydrogens is 254 g/mol. The largest absolute Gasteiger partial charge is 0.496 e. The molecule has 4 heteroatoms. The Balaban J connectivity index is 3.04. The maximum atomic E-state index is 10.3. The van der Waals surface area contributed by atoms with Crippen LogP contribution in [0.3, 0.4) is 0 Å². The molecule has 4 nitrogen and oxygen atoms in total. The van der Waals surface area contributed by atoms with Crippen LogP contribution in [0.2, 0.25) is 0 Å². The lowest BCUT2D eigenvalue weighted by atomic mass is 9.94. The van der Waals surface area contributed by atoms with E-state index in [9.17, 15) is 5.11 Å². The van der Waals surface area contributed by atoms with E-state index in [-0.39, 0.29) is 0 Å². The molecule has 0 heterocycles. The molecule has 0 unspecified atom stereocenters. The summed E-state index contributed by atoms with van der Waals surface area (Å²) in [6, 6.07) is 3.30. The van der Waals surface area contributed by atoms with Gasteiger partial charge in [0.2, 0.25) is 0 Å². The highest BCUT2D eigenvalue weighted by Gasteiger charge is 2.24. The van der Waals surface area contributed by atoms with E-state index >= 15 is 0 Å². The van der Waals surface area contributed by atoms with Crippen molar-refractivity contribution in [1.82, 2.24) is 0 Å². The minimum absolute atomic E-state index is 0.515. The predicted octanol–water partition coefficient (Wildman–Crippen LogP) is 2.81. The molecule has 0 saturated heterocycles. The Labute approximate surface area is 121 Å². The summed E-state index contributed by atoms with van der Waals surface area (Å²) < 4.78 is 10.8. The van der Waals surface area contributed by atoms with Crippen LogP contribution in [0.1, 0.15) is 43.9 Å². The lowest BCUT2D eigenvalue weighted by Crippen LogP contribution is -2.27. The Kier molecular flexibility index (Phi) is 6.30. The first kappa shape index (κ1) is 16.8. The Morgan fingerprint density at radius 3 is 2.00 bits per heavy atom. The summed E-state index contributed by atoms with van der Waals surface area (Å²) in [7, 11) is 3.20. The fourth-order valence-corrected chi connectivity index (χ4v) is 2.27. The number of ether oxygens (including phenoxy) is 2. The van der Waals surface area contributed by atoms with Gasteiger partial charge in [0.05, 0.1) is 31.9 Å². The molecule has 114 valence electrons. The van der Waals surface area contributed by atoms with Crippen molar-refractivity contribution >= 4 is 0 Å². The van der Waals surface area contributed by atoms with Crippen LogP contribution in [-0.4, -0.2) is 25.4 Å². The highest BCUT2D eigenvalue weighted by molar-refractivity contribution is 5.50. The minimum Gasteiger partial charge on any atom is -0.496 e. The molecule has 1 aromatic rings. The van der Waals surface area contributed by atoms with Gasteiger partial charge in [-0.3, -0.25) is 0 Å². The smallest absolute Gasteiger partial charge is 0.127 e. The molecule has 0 radical (unpaired) electrons. The van der Waals surface area contributed by atoms with Gasteiger partial charge in [-0.1, -0.05) is 13.8 Å². The van der Waals surface area contributed by atoms with Gasteiger partial charge in [-0.05, 0) is 43.4 Å². The molecule has 0 aromatic heterocycles. The third-order valence-electron chi connectivity index (χ3n) is 3.48. The van der Waals surface area contributed by atoms with Crippen LogP contribution in [0, 0.1) is 12.8 Å². The zero-order chi connectivity index (χ0) is 15.3. The second kappa shape index (κ2) is 7.50. The number of aliphatic hydroxyl groups is 1. The van der Waals surface area contributed by atoms with Crippen molar-refractivity contribution in [3.05, 3.63) is 23.3 Å². The molecule has 0 aliphatic heterocycles. The van der Waals surface area contributed by atoms with E-state index < -0.39 is 12.1 Å². The van der Waals surface area contributed by atoms with Crippen molar-refractivity contribution in [1.29, 1.82) is 0 Å². The van der Waals surface area contributed by atoms with Gasteiger partial charge in [0, 0.05) is 0 Å². The number of hydrogen-bond acceptors (Lipinski definition) is 4.